The Morgan fingerprint density at radius 1 is 1.29 bits per heavy atom. The lowest BCUT2D eigenvalue weighted by Crippen LogP contribution is -2.35. The molecular weight excluding hydrogens is 288 g/mol. The Labute approximate surface area is 123 Å². The van der Waals surface area contributed by atoms with Gasteiger partial charge in [-0.25, -0.2) is 13.4 Å². The quantitative estimate of drug-likeness (QED) is 0.930. The van der Waals surface area contributed by atoms with Gasteiger partial charge in [0.25, 0.3) is 0 Å². The summed E-state index contributed by atoms with van der Waals surface area (Å²) in [6.07, 6.45) is 3.77. The number of benzene rings is 1. The SMILES string of the molecule is CS(=O)(=O)Nc1ccc2c(c1)nc1n2CCN(C2CC2)C1. The minimum absolute atomic E-state index is 0.569. The van der Waals surface area contributed by atoms with Crippen LogP contribution >= 0.6 is 0 Å². The van der Waals surface area contributed by atoms with Crippen molar-refractivity contribution in [2.24, 2.45) is 0 Å². The van der Waals surface area contributed by atoms with E-state index in [-0.39, 0.29) is 0 Å². The fraction of sp³-hybridized carbons (Fsp3) is 0.500. The van der Waals surface area contributed by atoms with Crippen molar-refractivity contribution >= 4 is 26.7 Å². The number of sulfonamides is 1. The van der Waals surface area contributed by atoms with Gasteiger partial charge in [0, 0.05) is 19.1 Å². The fourth-order valence-electron chi connectivity index (χ4n) is 3.07. The molecule has 1 N–H and O–H groups in total. The summed E-state index contributed by atoms with van der Waals surface area (Å²) in [5.41, 5.74) is 2.51. The third-order valence-electron chi connectivity index (χ3n) is 4.15. The molecule has 1 aromatic heterocycles. The highest BCUT2D eigenvalue weighted by atomic mass is 32.2. The van der Waals surface area contributed by atoms with E-state index in [9.17, 15) is 8.42 Å². The normalized spacial score (nSPS) is 19.7. The Morgan fingerprint density at radius 3 is 2.81 bits per heavy atom. The molecule has 7 heteroatoms. The van der Waals surface area contributed by atoms with E-state index in [1.54, 1.807) is 6.07 Å². The third-order valence-corrected chi connectivity index (χ3v) is 4.76. The minimum Gasteiger partial charge on any atom is -0.326 e. The molecule has 2 aliphatic rings. The van der Waals surface area contributed by atoms with Crippen molar-refractivity contribution in [1.82, 2.24) is 14.5 Å². The van der Waals surface area contributed by atoms with E-state index >= 15 is 0 Å². The Hall–Kier alpha value is -1.60. The van der Waals surface area contributed by atoms with Crippen LogP contribution in [-0.2, 0) is 23.1 Å². The molecule has 0 spiro atoms. The summed E-state index contributed by atoms with van der Waals surface area (Å²) in [6.45, 7) is 2.93. The van der Waals surface area contributed by atoms with Gasteiger partial charge in [0.15, 0.2) is 0 Å². The van der Waals surface area contributed by atoms with E-state index in [2.05, 4.69) is 14.2 Å². The highest BCUT2D eigenvalue weighted by molar-refractivity contribution is 7.92. The number of imidazole rings is 1. The summed E-state index contributed by atoms with van der Waals surface area (Å²) in [4.78, 5) is 7.19. The van der Waals surface area contributed by atoms with Crippen molar-refractivity contribution in [3.8, 4) is 0 Å². The number of anilines is 1. The van der Waals surface area contributed by atoms with E-state index in [4.69, 9.17) is 4.98 Å². The van der Waals surface area contributed by atoms with Gasteiger partial charge in [-0.2, -0.15) is 0 Å². The molecule has 0 bridgehead atoms. The predicted molar refractivity (Wildman–Crippen MR) is 81.6 cm³/mol. The van der Waals surface area contributed by atoms with Crippen LogP contribution in [0.1, 0.15) is 18.7 Å². The van der Waals surface area contributed by atoms with E-state index in [0.29, 0.717) is 5.69 Å². The first-order chi connectivity index (χ1) is 9.99. The molecule has 0 unspecified atom stereocenters. The molecule has 112 valence electrons. The maximum Gasteiger partial charge on any atom is 0.229 e. The van der Waals surface area contributed by atoms with E-state index in [0.717, 1.165) is 48.8 Å². The van der Waals surface area contributed by atoms with Crippen LogP contribution in [0.4, 0.5) is 5.69 Å². The van der Waals surface area contributed by atoms with Crippen LogP contribution in [0.25, 0.3) is 11.0 Å². The highest BCUT2D eigenvalue weighted by Gasteiger charge is 2.32. The lowest BCUT2D eigenvalue weighted by Gasteiger charge is -2.27. The number of nitrogens with zero attached hydrogens (tertiary/aromatic N) is 3. The molecule has 21 heavy (non-hydrogen) atoms. The lowest BCUT2D eigenvalue weighted by molar-refractivity contribution is 0.209. The van der Waals surface area contributed by atoms with Crippen LogP contribution in [-0.4, -0.2) is 41.7 Å². The average Bonchev–Trinajstić information content (AvgIpc) is 3.17. The van der Waals surface area contributed by atoms with Gasteiger partial charge in [-0.15, -0.1) is 0 Å². The fourth-order valence-corrected chi connectivity index (χ4v) is 3.62. The molecule has 2 aromatic rings. The Balaban J connectivity index is 1.70. The highest BCUT2D eigenvalue weighted by Crippen LogP contribution is 2.31. The van der Waals surface area contributed by atoms with Crippen molar-refractivity contribution in [3.05, 3.63) is 24.0 Å². The number of hydrogen-bond acceptors (Lipinski definition) is 4. The zero-order valence-corrected chi connectivity index (χ0v) is 12.7. The van der Waals surface area contributed by atoms with Gasteiger partial charge < -0.3 is 4.57 Å². The van der Waals surface area contributed by atoms with E-state index in [1.807, 2.05) is 12.1 Å². The van der Waals surface area contributed by atoms with E-state index in [1.165, 1.54) is 12.8 Å². The molecule has 0 atom stereocenters. The Kier molecular flexibility index (Phi) is 2.77. The van der Waals surface area contributed by atoms with Gasteiger partial charge in [0.1, 0.15) is 5.82 Å². The van der Waals surface area contributed by atoms with Gasteiger partial charge in [-0.1, -0.05) is 0 Å². The number of hydrogen-bond donors (Lipinski definition) is 1. The lowest BCUT2D eigenvalue weighted by atomic mass is 10.2. The van der Waals surface area contributed by atoms with Crippen molar-refractivity contribution in [2.45, 2.75) is 32.0 Å². The Bertz CT molecular complexity index is 808. The van der Waals surface area contributed by atoms with Crippen molar-refractivity contribution < 1.29 is 8.42 Å². The smallest absolute Gasteiger partial charge is 0.229 e. The molecular formula is C14H18N4O2S. The second-order valence-corrected chi connectivity index (χ2v) is 7.71. The minimum atomic E-state index is -3.25. The monoisotopic (exact) mass is 306 g/mol. The topological polar surface area (TPSA) is 67.2 Å². The Morgan fingerprint density at radius 2 is 2.10 bits per heavy atom. The summed E-state index contributed by atoms with van der Waals surface area (Å²) >= 11 is 0. The number of fused-ring (bicyclic) bond motifs is 3. The first kappa shape index (κ1) is 13.1. The van der Waals surface area contributed by atoms with Gasteiger partial charge >= 0.3 is 0 Å². The molecule has 1 aromatic carbocycles. The van der Waals surface area contributed by atoms with Crippen LogP contribution in [0.5, 0.6) is 0 Å². The molecule has 0 radical (unpaired) electrons. The molecule has 1 aliphatic carbocycles. The second-order valence-electron chi connectivity index (χ2n) is 5.96. The van der Waals surface area contributed by atoms with E-state index < -0.39 is 10.0 Å². The van der Waals surface area contributed by atoms with Crippen molar-refractivity contribution in [2.75, 3.05) is 17.5 Å². The average molecular weight is 306 g/mol. The number of aromatic nitrogens is 2. The van der Waals surface area contributed by atoms with Crippen LogP contribution in [0.15, 0.2) is 18.2 Å². The second kappa shape index (κ2) is 4.45. The summed E-state index contributed by atoms with van der Waals surface area (Å²) < 4.78 is 27.4. The van der Waals surface area contributed by atoms with Gasteiger partial charge in [0.05, 0.1) is 29.5 Å². The summed E-state index contributed by atoms with van der Waals surface area (Å²) in [6, 6.07) is 6.31. The number of rotatable bonds is 3. The number of nitrogens with one attached hydrogen (secondary N) is 1. The van der Waals surface area contributed by atoms with Gasteiger partial charge in [-0.05, 0) is 31.0 Å². The molecule has 1 saturated carbocycles. The summed E-state index contributed by atoms with van der Waals surface area (Å²) in [5.74, 6) is 1.08. The maximum absolute atomic E-state index is 11.3. The molecule has 4 rings (SSSR count). The van der Waals surface area contributed by atoms with Gasteiger partial charge in [0.2, 0.25) is 10.0 Å². The molecule has 0 saturated heterocycles. The van der Waals surface area contributed by atoms with Crippen LogP contribution in [0.2, 0.25) is 0 Å². The first-order valence-corrected chi connectivity index (χ1v) is 9.10. The molecule has 2 heterocycles. The third kappa shape index (κ3) is 2.51. The zero-order chi connectivity index (χ0) is 14.6. The maximum atomic E-state index is 11.3. The largest absolute Gasteiger partial charge is 0.326 e. The summed E-state index contributed by atoms with van der Waals surface area (Å²) in [7, 11) is -3.25. The van der Waals surface area contributed by atoms with Crippen LogP contribution in [0, 0.1) is 0 Å². The first-order valence-electron chi connectivity index (χ1n) is 7.21. The van der Waals surface area contributed by atoms with Crippen molar-refractivity contribution in [1.29, 1.82) is 0 Å². The molecule has 1 fully saturated rings. The van der Waals surface area contributed by atoms with Crippen molar-refractivity contribution in [3.63, 3.8) is 0 Å². The molecule has 0 amide bonds. The van der Waals surface area contributed by atoms with Crippen LogP contribution < -0.4 is 4.72 Å². The predicted octanol–water partition coefficient (Wildman–Crippen LogP) is 1.39. The van der Waals surface area contributed by atoms with Crippen LogP contribution in [0.3, 0.4) is 0 Å². The zero-order valence-electron chi connectivity index (χ0n) is 11.9. The molecule has 6 nitrogen and oxygen atoms in total. The summed E-state index contributed by atoms with van der Waals surface area (Å²) in [5, 5.41) is 0. The standard InChI is InChI=1S/C14H18N4O2S/c1-21(19,20)16-10-2-5-13-12(8-10)15-14-9-17(11-3-4-11)6-7-18(13)14/h2,5,8,11,16H,3-4,6-7,9H2,1H3. The molecule has 1 aliphatic heterocycles. The van der Waals surface area contributed by atoms with Gasteiger partial charge in [-0.3, -0.25) is 9.62 Å².